The minimum absolute atomic E-state index is 0.115. The van der Waals surface area contributed by atoms with Crippen LogP contribution in [-0.4, -0.2) is 21.6 Å². The zero-order chi connectivity index (χ0) is 14.4. The number of nitrogens with one attached hydrogen (secondary N) is 1. The van der Waals surface area contributed by atoms with E-state index >= 15 is 0 Å². The molecule has 0 saturated heterocycles. The maximum absolute atomic E-state index is 10.8. The number of phenolic OH excluding ortho intramolecular Hbond substituents is 1. The Bertz CT molecular complexity index is 584. The Labute approximate surface area is 116 Å². The van der Waals surface area contributed by atoms with Crippen molar-refractivity contribution in [1.82, 2.24) is 4.98 Å². The molecule has 20 heavy (non-hydrogen) atoms. The molecular formula is C14H15N3O3. The third-order valence-electron chi connectivity index (χ3n) is 2.89. The number of hydrogen-bond donors (Lipinski definition) is 2. The van der Waals surface area contributed by atoms with Crippen LogP contribution in [0.15, 0.2) is 42.7 Å². The van der Waals surface area contributed by atoms with E-state index in [1.54, 1.807) is 30.5 Å². The van der Waals surface area contributed by atoms with Crippen molar-refractivity contribution in [2.24, 2.45) is 0 Å². The van der Waals surface area contributed by atoms with E-state index in [0.717, 1.165) is 12.1 Å². The van der Waals surface area contributed by atoms with Crippen molar-refractivity contribution < 1.29 is 10.0 Å². The van der Waals surface area contributed by atoms with Crippen molar-refractivity contribution in [2.75, 3.05) is 11.9 Å². The highest BCUT2D eigenvalue weighted by Crippen LogP contribution is 2.18. The van der Waals surface area contributed by atoms with E-state index in [1.165, 1.54) is 12.3 Å². The number of nitrogens with zero attached hydrogens (tertiary/aromatic N) is 2. The van der Waals surface area contributed by atoms with Crippen LogP contribution in [0, 0.1) is 10.1 Å². The summed E-state index contributed by atoms with van der Waals surface area (Å²) in [5, 5.41) is 23.2. The highest BCUT2D eigenvalue weighted by Gasteiger charge is 2.11. The minimum Gasteiger partial charge on any atom is -0.508 e. The van der Waals surface area contributed by atoms with E-state index in [-0.39, 0.29) is 16.4 Å². The number of aromatic hydroxyl groups is 1. The van der Waals surface area contributed by atoms with Gasteiger partial charge in [-0.1, -0.05) is 0 Å². The van der Waals surface area contributed by atoms with E-state index < -0.39 is 0 Å². The molecule has 0 saturated carbocycles. The van der Waals surface area contributed by atoms with Gasteiger partial charge in [0.25, 0.3) is 5.69 Å². The Balaban J connectivity index is 1.84. The molecule has 0 aliphatic heterocycles. The molecule has 2 rings (SSSR count). The molecule has 0 aliphatic carbocycles. The van der Waals surface area contributed by atoms with Gasteiger partial charge in [-0.15, -0.1) is 0 Å². The normalized spacial score (nSPS) is 10.2. The smallest absolute Gasteiger partial charge is 0.275 e. The van der Waals surface area contributed by atoms with Crippen LogP contribution in [-0.2, 0) is 6.42 Å². The second-order valence-corrected chi connectivity index (χ2v) is 4.34. The van der Waals surface area contributed by atoms with Crippen molar-refractivity contribution in [1.29, 1.82) is 0 Å². The van der Waals surface area contributed by atoms with E-state index in [4.69, 9.17) is 5.11 Å². The molecule has 1 aromatic heterocycles. The second kappa shape index (κ2) is 6.51. The molecule has 0 amide bonds. The summed E-state index contributed by atoms with van der Waals surface area (Å²) in [4.78, 5) is 14.4. The largest absolute Gasteiger partial charge is 0.508 e. The molecular weight excluding hydrogens is 258 g/mol. The number of aromatic nitrogens is 1. The number of anilines is 1. The molecule has 1 heterocycles. The molecule has 0 bridgehead atoms. The van der Waals surface area contributed by atoms with Crippen molar-refractivity contribution >= 4 is 11.4 Å². The van der Waals surface area contributed by atoms with Gasteiger partial charge in [-0.25, -0.2) is 0 Å². The first-order valence-electron chi connectivity index (χ1n) is 6.27. The first-order valence-corrected chi connectivity index (χ1v) is 6.27. The lowest BCUT2D eigenvalue weighted by molar-refractivity contribution is -0.385. The molecule has 6 nitrogen and oxygen atoms in total. The van der Waals surface area contributed by atoms with Gasteiger partial charge >= 0.3 is 0 Å². The fourth-order valence-corrected chi connectivity index (χ4v) is 1.88. The Morgan fingerprint density at radius 2 is 2.00 bits per heavy atom. The van der Waals surface area contributed by atoms with Crippen molar-refractivity contribution in [3.05, 3.63) is 58.4 Å². The topological polar surface area (TPSA) is 88.3 Å². The van der Waals surface area contributed by atoms with Crippen LogP contribution in [0.1, 0.15) is 12.0 Å². The van der Waals surface area contributed by atoms with E-state index in [9.17, 15) is 10.1 Å². The molecule has 104 valence electrons. The molecule has 0 fully saturated rings. The van der Waals surface area contributed by atoms with Gasteiger partial charge in [-0.05, 0) is 37.1 Å². The lowest BCUT2D eigenvalue weighted by atomic mass is 10.1. The number of aryl methyl sites for hydroxylation is 1. The third-order valence-corrected chi connectivity index (χ3v) is 2.89. The van der Waals surface area contributed by atoms with Gasteiger partial charge in [0.05, 0.1) is 4.92 Å². The van der Waals surface area contributed by atoms with E-state index in [1.807, 2.05) is 0 Å². The van der Waals surface area contributed by atoms with Crippen molar-refractivity contribution in [2.45, 2.75) is 12.8 Å². The van der Waals surface area contributed by atoms with Crippen LogP contribution < -0.4 is 5.32 Å². The quantitative estimate of drug-likeness (QED) is 0.365. The van der Waals surface area contributed by atoms with Gasteiger partial charge in [-0.2, -0.15) is 0 Å². The summed E-state index contributed by atoms with van der Waals surface area (Å²) in [6.07, 6.45) is 4.32. The predicted octanol–water partition coefficient (Wildman–Crippen LogP) is 2.74. The van der Waals surface area contributed by atoms with Crippen LogP contribution in [0.3, 0.4) is 0 Å². The molecule has 2 aromatic rings. The summed E-state index contributed by atoms with van der Waals surface area (Å²) in [6, 6.07) is 8.19. The van der Waals surface area contributed by atoms with E-state index in [0.29, 0.717) is 18.5 Å². The van der Waals surface area contributed by atoms with Crippen LogP contribution in [0.5, 0.6) is 5.75 Å². The molecule has 0 radical (unpaired) electrons. The summed E-state index contributed by atoms with van der Waals surface area (Å²) in [5.41, 5.74) is 1.66. The van der Waals surface area contributed by atoms with Crippen LogP contribution in [0.25, 0.3) is 0 Å². The molecule has 0 atom stereocenters. The fraction of sp³-hybridized carbons (Fsp3) is 0.214. The monoisotopic (exact) mass is 273 g/mol. The van der Waals surface area contributed by atoms with Crippen LogP contribution >= 0.6 is 0 Å². The number of hydrogen-bond acceptors (Lipinski definition) is 5. The summed E-state index contributed by atoms with van der Waals surface area (Å²) >= 11 is 0. The van der Waals surface area contributed by atoms with Gasteiger partial charge in [0, 0.05) is 36.3 Å². The summed E-state index contributed by atoms with van der Waals surface area (Å²) < 4.78 is 0. The molecule has 2 N–H and O–H groups in total. The highest BCUT2D eigenvalue weighted by molar-refractivity contribution is 5.46. The number of pyridine rings is 1. The second-order valence-electron chi connectivity index (χ2n) is 4.34. The SMILES string of the molecule is O=[N+]([O-])c1ccncc1CCCNc1ccc(O)cc1. The Kier molecular flexibility index (Phi) is 4.49. The number of benzene rings is 1. The average Bonchev–Trinajstić information content (AvgIpc) is 2.46. The van der Waals surface area contributed by atoms with Gasteiger partial charge in [-0.3, -0.25) is 15.1 Å². The van der Waals surface area contributed by atoms with Crippen molar-refractivity contribution in [3.8, 4) is 5.75 Å². The van der Waals surface area contributed by atoms with Gasteiger partial charge in [0.2, 0.25) is 0 Å². The maximum atomic E-state index is 10.8. The summed E-state index contributed by atoms with van der Waals surface area (Å²) in [5.74, 6) is 0.224. The lowest BCUT2D eigenvalue weighted by Crippen LogP contribution is -2.04. The Morgan fingerprint density at radius 1 is 1.25 bits per heavy atom. The molecule has 0 unspecified atom stereocenters. The number of rotatable bonds is 6. The van der Waals surface area contributed by atoms with Crippen LogP contribution in [0.4, 0.5) is 11.4 Å². The zero-order valence-electron chi connectivity index (χ0n) is 10.8. The molecule has 6 heteroatoms. The third kappa shape index (κ3) is 3.68. The molecule has 0 aliphatic rings. The summed E-state index contributed by atoms with van der Waals surface area (Å²) in [6.45, 7) is 0.691. The Morgan fingerprint density at radius 3 is 2.70 bits per heavy atom. The first-order chi connectivity index (χ1) is 9.66. The predicted molar refractivity (Wildman–Crippen MR) is 75.8 cm³/mol. The lowest BCUT2D eigenvalue weighted by Gasteiger charge is -2.06. The standard InChI is InChI=1S/C14H15N3O3/c18-13-5-3-12(4-6-13)16-8-1-2-11-10-15-9-7-14(11)17(19)20/h3-7,9-10,16,18H,1-2,8H2. The van der Waals surface area contributed by atoms with E-state index in [2.05, 4.69) is 10.3 Å². The first kappa shape index (κ1) is 13.8. The highest BCUT2D eigenvalue weighted by atomic mass is 16.6. The summed E-state index contributed by atoms with van der Waals surface area (Å²) in [7, 11) is 0. The van der Waals surface area contributed by atoms with Gasteiger partial charge in [0.1, 0.15) is 5.75 Å². The minimum atomic E-state index is -0.385. The van der Waals surface area contributed by atoms with Gasteiger partial charge in [0.15, 0.2) is 0 Å². The molecule has 1 aromatic carbocycles. The zero-order valence-corrected chi connectivity index (χ0v) is 10.8. The maximum Gasteiger partial charge on any atom is 0.275 e. The Hall–Kier alpha value is -2.63. The number of nitro groups is 1. The van der Waals surface area contributed by atoms with Crippen LogP contribution in [0.2, 0.25) is 0 Å². The van der Waals surface area contributed by atoms with Gasteiger partial charge < -0.3 is 10.4 Å². The number of phenols is 1. The average molecular weight is 273 g/mol. The fourth-order valence-electron chi connectivity index (χ4n) is 1.88. The van der Waals surface area contributed by atoms with Crippen molar-refractivity contribution in [3.63, 3.8) is 0 Å². The molecule has 0 spiro atoms.